The van der Waals surface area contributed by atoms with E-state index in [1.807, 2.05) is 0 Å². The lowest BCUT2D eigenvalue weighted by Gasteiger charge is -2.19. The van der Waals surface area contributed by atoms with E-state index >= 15 is 0 Å². The molecular weight excluding hydrogens is 294 g/mol. The van der Waals surface area contributed by atoms with Gasteiger partial charge in [0, 0.05) is 25.1 Å². The lowest BCUT2D eigenvalue weighted by molar-refractivity contribution is -0.126. The van der Waals surface area contributed by atoms with E-state index in [1.165, 1.54) is 6.07 Å². The number of fused-ring (bicyclic) bond motifs is 1. The van der Waals surface area contributed by atoms with E-state index in [2.05, 4.69) is 15.3 Å². The number of imide groups is 1. The van der Waals surface area contributed by atoms with E-state index in [0.717, 1.165) is 12.8 Å². The van der Waals surface area contributed by atoms with E-state index in [9.17, 15) is 18.4 Å². The first-order chi connectivity index (χ1) is 10.5. The molecule has 2 amide bonds. The fourth-order valence-electron chi connectivity index (χ4n) is 3.10. The third kappa shape index (κ3) is 2.13. The maximum atomic E-state index is 13.0. The number of carbonyl (C=O) groups excluding carboxylic acids is 2. The van der Waals surface area contributed by atoms with Crippen molar-refractivity contribution in [3.05, 3.63) is 17.6 Å². The molecule has 8 heteroatoms. The number of aromatic nitrogens is 2. The number of halogens is 2. The summed E-state index contributed by atoms with van der Waals surface area (Å²) in [6, 6.07) is 1.26. The van der Waals surface area contributed by atoms with Crippen molar-refractivity contribution in [2.45, 2.75) is 25.2 Å². The number of nitrogens with one attached hydrogen (secondary N) is 1. The van der Waals surface area contributed by atoms with Crippen LogP contribution >= 0.6 is 0 Å². The normalized spacial score (nSPS) is 27.5. The molecule has 1 saturated carbocycles. The van der Waals surface area contributed by atoms with Gasteiger partial charge >= 0.3 is 0 Å². The van der Waals surface area contributed by atoms with Crippen LogP contribution in [-0.2, 0) is 9.59 Å². The van der Waals surface area contributed by atoms with Crippen LogP contribution in [0.4, 0.5) is 14.6 Å². The maximum Gasteiger partial charge on any atom is 0.280 e. The van der Waals surface area contributed by atoms with Crippen LogP contribution in [0.3, 0.4) is 0 Å². The Morgan fingerprint density at radius 1 is 1.14 bits per heavy atom. The van der Waals surface area contributed by atoms with Crippen LogP contribution in [0.5, 0.6) is 0 Å². The second-order valence-corrected chi connectivity index (χ2v) is 6.06. The van der Waals surface area contributed by atoms with Crippen LogP contribution in [0, 0.1) is 11.8 Å². The second-order valence-electron chi connectivity index (χ2n) is 6.06. The zero-order valence-electron chi connectivity index (χ0n) is 11.6. The molecule has 0 bridgehead atoms. The first kappa shape index (κ1) is 13.5. The molecule has 3 aliphatic rings. The average molecular weight is 308 g/mol. The first-order valence-electron chi connectivity index (χ1n) is 7.29. The molecule has 1 N–H and O–H groups in total. The largest absolute Gasteiger partial charge is 0.355 e. The van der Waals surface area contributed by atoms with Gasteiger partial charge in [-0.2, -0.15) is 0 Å². The summed E-state index contributed by atoms with van der Waals surface area (Å²) in [5.41, 5.74) is -0.292. The Labute approximate surface area is 124 Å². The number of hydrogen-bond donors (Lipinski definition) is 1. The summed E-state index contributed by atoms with van der Waals surface area (Å²) in [6.45, 7) is 0.651. The Morgan fingerprint density at radius 2 is 1.77 bits per heavy atom. The Kier molecular flexibility index (Phi) is 2.88. The van der Waals surface area contributed by atoms with Gasteiger partial charge in [-0.1, -0.05) is 0 Å². The van der Waals surface area contributed by atoms with E-state index in [4.69, 9.17) is 0 Å². The number of nitrogens with zero attached hydrogens (tertiary/aromatic N) is 3. The highest BCUT2D eigenvalue weighted by molar-refractivity contribution is 6.06. The molecule has 0 spiro atoms. The van der Waals surface area contributed by atoms with Crippen molar-refractivity contribution in [2.24, 2.45) is 11.8 Å². The van der Waals surface area contributed by atoms with E-state index in [1.54, 1.807) is 4.90 Å². The molecule has 0 radical (unpaired) electrons. The van der Waals surface area contributed by atoms with Crippen LogP contribution in [0.15, 0.2) is 6.07 Å². The van der Waals surface area contributed by atoms with E-state index in [-0.39, 0.29) is 23.4 Å². The van der Waals surface area contributed by atoms with Crippen molar-refractivity contribution < 1.29 is 18.4 Å². The summed E-state index contributed by atoms with van der Waals surface area (Å²) in [6.07, 6.45) is -0.831. The van der Waals surface area contributed by atoms with Gasteiger partial charge in [-0.05, 0) is 12.8 Å². The quantitative estimate of drug-likeness (QED) is 0.843. The number of amides is 2. The zero-order chi connectivity index (χ0) is 15.4. The van der Waals surface area contributed by atoms with Gasteiger partial charge in [0.25, 0.3) is 6.43 Å². The maximum absolute atomic E-state index is 13.0. The molecule has 3 fully saturated rings. The molecule has 116 valence electrons. The average Bonchev–Trinajstić information content (AvgIpc) is 3.18. The van der Waals surface area contributed by atoms with Gasteiger partial charge in [-0.15, -0.1) is 0 Å². The summed E-state index contributed by atoms with van der Waals surface area (Å²) in [5, 5.41) is 2.30. The number of rotatable bonds is 3. The lowest BCUT2D eigenvalue weighted by Crippen LogP contribution is -2.32. The Hall–Kier alpha value is -2.12. The summed E-state index contributed by atoms with van der Waals surface area (Å²) in [4.78, 5) is 33.4. The number of carbonyl (C=O) groups is 2. The second kappa shape index (κ2) is 4.69. The monoisotopic (exact) mass is 308 g/mol. The summed E-state index contributed by atoms with van der Waals surface area (Å²) >= 11 is 0. The molecule has 1 aromatic rings. The molecule has 2 atom stereocenters. The Morgan fingerprint density at radius 3 is 2.32 bits per heavy atom. The smallest absolute Gasteiger partial charge is 0.280 e. The van der Waals surface area contributed by atoms with Crippen LogP contribution in [0.2, 0.25) is 0 Å². The molecule has 6 nitrogen and oxygen atoms in total. The van der Waals surface area contributed by atoms with Crippen molar-refractivity contribution in [1.29, 1.82) is 0 Å². The Balaban J connectivity index is 1.65. The van der Waals surface area contributed by atoms with Crippen molar-refractivity contribution in [2.75, 3.05) is 18.0 Å². The fraction of sp³-hybridized carbons (Fsp3) is 0.571. The van der Waals surface area contributed by atoms with E-state index < -0.39 is 18.3 Å². The topological polar surface area (TPSA) is 75.2 Å². The summed E-state index contributed by atoms with van der Waals surface area (Å²) in [5.74, 6) is -0.415. The minimum Gasteiger partial charge on any atom is -0.355 e. The molecule has 22 heavy (non-hydrogen) atoms. The van der Waals surface area contributed by atoms with Crippen LogP contribution in [-0.4, -0.2) is 34.9 Å². The van der Waals surface area contributed by atoms with Gasteiger partial charge < -0.3 is 4.90 Å². The fourth-order valence-corrected chi connectivity index (χ4v) is 3.10. The van der Waals surface area contributed by atoms with Crippen molar-refractivity contribution >= 4 is 17.6 Å². The first-order valence-corrected chi connectivity index (χ1v) is 7.29. The van der Waals surface area contributed by atoms with Gasteiger partial charge in [-0.25, -0.2) is 18.7 Å². The Bertz CT molecular complexity index is 620. The van der Waals surface area contributed by atoms with Crippen molar-refractivity contribution in [1.82, 2.24) is 15.3 Å². The highest BCUT2D eigenvalue weighted by Crippen LogP contribution is 2.40. The molecule has 0 aromatic carbocycles. The molecule has 2 aliphatic heterocycles. The summed E-state index contributed by atoms with van der Waals surface area (Å²) in [7, 11) is 0. The van der Waals surface area contributed by atoms with Crippen molar-refractivity contribution in [3.8, 4) is 0 Å². The van der Waals surface area contributed by atoms with Gasteiger partial charge in [-0.3, -0.25) is 14.9 Å². The highest BCUT2D eigenvalue weighted by atomic mass is 19.3. The minimum atomic E-state index is -2.66. The van der Waals surface area contributed by atoms with Gasteiger partial charge in [0.1, 0.15) is 17.3 Å². The van der Waals surface area contributed by atoms with Gasteiger partial charge in [0.2, 0.25) is 11.8 Å². The third-order valence-corrected chi connectivity index (χ3v) is 4.48. The molecule has 2 unspecified atom stereocenters. The standard InChI is InChI=1S/C14H14F2N4O2/c15-11(16)9-3-10(18-12(17-9)6-1-2-6)20-4-7-8(5-20)14(22)19-13(7)21/h3,6-8,11H,1-2,4-5H2,(H,19,21,22). The number of hydrogen-bond acceptors (Lipinski definition) is 5. The molecule has 1 aromatic heterocycles. The molecule has 4 rings (SSSR count). The predicted molar refractivity (Wildman–Crippen MR) is 71.3 cm³/mol. The highest BCUT2D eigenvalue weighted by Gasteiger charge is 2.48. The summed E-state index contributed by atoms with van der Waals surface area (Å²) < 4.78 is 26.1. The molecule has 2 saturated heterocycles. The van der Waals surface area contributed by atoms with Crippen LogP contribution in [0.1, 0.15) is 36.7 Å². The number of anilines is 1. The zero-order valence-corrected chi connectivity index (χ0v) is 11.6. The number of alkyl halides is 2. The third-order valence-electron chi connectivity index (χ3n) is 4.48. The molecular formula is C14H14F2N4O2. The lowest BCUT2D eigenvalue weighted by atomic mass is 10.00. The minimum absolute atomic E-state index is 0.157. The van der Waals surface area contributed by atoms with Crippen LogP contribution in [0.25, 0.3) is 0 Å². The van der Waals surface area contributed by atoms with Gasteiger partial charge in [0.05, 0.1) is 11.8 Å². The van der Waals surface area contributed by atoms with Gasteiger partial charge in [0.15, 0.2) is 0 Å². The van der Waals surface area contributed by atoms with E-state index in [0.29, 0.717) is 24.7 Å². The predicted octanol–water partition coefficient (Wildman–Crippen LogP) is 1.00. The van der Waals surface area contributed by atoms with Crippen molar-refractivity contribution in [3.63, 3.8) is 0 Å². The van der Waals surface area contributed by atoms with Crippen LogP contribution < -0.4 is 10.2 Å². The molecule has 1 aliphatic carbocycles. The molecule has 3 heterocycles. The SMILES string of the molecule is O=C1NC(=O)C2CN(c3cc(C(F)F)nc(C4CC4)n3)CC12.